The van der Waals surface area contributed by atoms with Gasteiger partial charge in [0.15, 0.2) is 0 Å². The Morgan fingerprint density at radius 2 is 2.00 bits per heavy atom. The quantitative estimate of drug-likeness (QED) is 0.840. The van der Waals surface area contributed by atoms with Crippen molar-refractivity contribution in [3.63, 3.8) is 0 Å². The third-order valence-corrected chi connectivity index (χ3v) is 4.88. The lowest BCUT2D eigenvalue weighted by Crippen LogP contribution is -2.47. The fourth-order valence-electron chi connectivity index (χ4n) is 2.91. The first kappa shape index (κ1) is 18.6. The van der Waals surface area contributed by atoms with E-state index in [1.54, 1.807) is 24.4 Å². The van der Waals surface area contributed by atoms with Crippen molar-refractivity contribution >= 4 is 23.3 Å². The first-order valence-electron chi connectivity index (χ1n) is 8.66. The number of nitrogen functional groups attached to an aromatic ring is 1. The molecule has 2 aromatic rings. The number of nitrogens with two attached hydrogens (primary N) is 1. The average molecular weight is 375 g/mol. The van der Waals surface area contributed by atoms with Crippen molar-refractivity contribution in [3.8, 4) is 11.1 Å². The molecule has 0 bridgehead atoms. The van der Waals surface area contributed by atoms with Crippen LogP contribution in [-0.2, 0) is 4.74 Å². The predicted octanol–water partition coefficient (Wildman–Crippen LogP) is 2.43. The molecule has 1 aliphatic heterocycles. The van der Waals surface area contributed by atoms with Crippen LogP contribution in [0.3, 0.4) is 0 Å². The fourth-order valence-corrected chi connectivity index (χ4v) is 3.08. The number of hydrogen-bond donors (Lipinski definition) is 2. The third-order valence-electron chi connectivity index (χ3n) is 4.58. The molecule has 1 fully saturated rings. The highest BCUT2D eigenvalue weighted by Crippen LogP contribution is 2.25. The predicted molar refractivity (Wildman–Crippen MR) is 103 cm³/mol. The summed E-state index contributed by atoms with van der Waals surface area (Å²) < 4.78 is 5.36. The summed E-state index contributed by atoms with van der Waals surface area (Å²) in [6.45, 7) is 6.05. The number of carbonyl (C=O) groups excluding carboxylic acids is 1. The Labute approximate surface area is 158 Å². The van der Waals surface area contributed by atoms with Gasteiger partial charge in [0.2, 0.25) is 0 Å². The van der Waals surface area contributed by atoms with Crippen LogP contribution in [0.1, 0.15) is 17.3 Å². The molecular formula is C19H23ClN4O2. The maximum Gasteiger partial charge on any atom is 0.251 e. The summed E-state index contributed by atoms with van der Waals surface area (Å²) in [7, 11) is 0. The van der Waals surface area contributed by atoms with Gasteiger partial charge < -0.3 is 15.8 Å². The SMILES string of the molecule is C[C@@H](CNC(=O)c1ccc(-c2cnc(N)c(Cl)c2)cc1)N1CCOCC1. The molecule has 1 saturated heterocycles. The second-order valence-corrected chi connectivity index (χ2v) is 6.78. The number of benzene rings is 1. The molecule has 2 heterocycles. The van der Waals surface area contributed by atoms with E-state index in [4.69, 9.17) is 22.1 Å². The van der Waals surface area contributed by atoms with Gasteiger partial charge in [0.05, 0.1) is 18.2 Å². The minimum absolute atomic E-state index is 0.0786. The van der Waals surface area contributed by atoms with Crippen LogP contribution in [-0.4, -0.2) is 54.7 Å². The Balaban J connectivity index is 1.58. The van der Waals surface area contributed by atoms with E-state index in [0.717, 1.165) is 37.4 Å². The van der Waals surface area contributed by atoms with Gasteiger partial charge in [-0.1, -0.05) is 23.7 Å². The molecule has 0 radical (unpaired) electrons. The van der Waals surface area contributed by atoms with E-state index in [0.29, 0.717) is 22.9 Å². The van der Waals surface area contributed by atoms with Crippen LogP contribution < -0.4 is 11.1 Å². The Hall–Kier alpha value is -2.15. The molecule has 1 aromatic heterocycles. The van der Waals surface area contributed by atoms with Gasteiger partial charge in [-0.3, -0.25) is 9.69 Å². The van der Waals surface area contributed by atoms with Gasteiger partial charge in [0.1, 0.15) is 5.82 Å². The summed E-state index contributed by atoms with van der Waals surface area (Å²) in [6.07, 6.45) is 1.67. The van der Waals surface area contributed by atoms with Gasteiger partial charge in [0.25, 0.3) is 5.91 Å². The molecule has 0 aliphatic carbocycles. The molecule has 1 aliphatic rings. The van der Waals surface area contributed by atoms with E-state index in [1.807, 2.05) is 12.1 Å². The molecule has 1 atom stereocenters. The van der Waals surface area contributed by atoms with Crippen LogP contribution in [0.15, 0.2) is 36.5 Å². The molecule has 3 rings (SSSR count). The van der Waals surface area contributed by atoms with Gasteiger partial charge in [-0.15, -0.1) is 0 Å². The number of nitrogens with one attached hydrogen (secondary N) is 1. The van der Waals surface area contributed by atoms with E-state index in [1.165, 1.54) is 0 Å². The molecule has 138 valence electrons. The van der Waals surface area contributed by atoms with Crippen LogP contribution in [0, 0.1) is 0 Å². The summed E-state index contributed by atoms with van der Waals surface area (Å²) >= 11 is 6.02. The minimum atomic E-state index is -0.0786. The smallest absolute Gasteiger partial charge is 0.251 e. The van der Waals surface area contributed by atoms with Crippen LogP contribution in [0.2, 0.25) is 5.02 Å². The zero-order valence-electron chi connectivity index (χ0n) is 14.7. The zero-order valence-corrected chi connectivity index (χ0v) is 15.5. The normalized spacial score (nSPS) is 16.2. The van der Waals surface area contributed by atoms with E-state index >= 15 is 0 Å². The van der Waals surface area contributed by atoms with Gasteiger partial charge in [0, 0.05) is 43.0 Å². The molecule has 1 aromatic carbocycles. The standard InChI is InChI=1S/C19H23ClN4O2/c1-13(24-6-8-26-9-7-24)11-23-19(25)15-4-2-14(3-5-15)16-10-17(20)18(21)22-12-16/h2-5,10,12-13H,6-9,11H2,1H3,(H2,21,22)(H,23,25)/t13-/m0/s1. The van der Waals surface area contributed by atoms with Crippen molar-refractivity contribution in [2.75, 3.05) is 38.6 Å². The zero-order chi connectivity index (χ0) is 18.5. The van der Waals surface area contributed by atoms with Gasteiger partial charge in [-0.2, -0.15) is 0 Å². The Morgan fingerprint density at radius 1 is 1.31 bits per heavy atom. The number of morpholine rings is 1. The van der Waals surface area contributed by atoms with Gasteiger partial charge >= 0.3 is 0 Å². The lowest BCUT2D eigenvalue weighted by molar-refractivity contribution is 0.0204. The molecule has 26 heavy (non-hydrogen) atoms. The summed E-state index contributed by atoms with van der Waals surface area (Å²) in [4.78, 5) is 18.8. The summed E-state index contributed by atoms with van der Waals surface area (Å²) in [6, 6.07) is 9.41. The first-order chi connectivity index (χ1) is 12.5. The number of halogens is 1. The molecule has 1 amide bonds. The van der Waals surface area contributed by atoms with Crippen molar-refractivity contribution in [1.82, 2.24) is 15.2 Å². The highest BCUT2D eigenvalue weighted by molar-refractivity contribution is 6.33. The van der Waals surface area contributed by atoms with E-state index < -0.39 is 0 Å². The second-order valence-electron chi connectivity index (χ2n) is 6.38. The van der Waals surface area contributed by atoms with Gasteiger partial charge in [-0.05, 0) is 30.7 Å². The summed E-state index contributed by atoms with van der Waals surface area (Å²) in [5, 5.41) is 3.42. The van der Waals surface area contributed by atoms with Crippen molar-refractivity contribution < 1.29 is 9.53 Å². The molecule has 0 saturated carbocycles. The van der Waals surface area contributed by atoms with E-state index in [-0.39, 0.29) is 11.9 Å². The maximum atomic E-state index is 12.4. The topological polar surface area (TPSA) is 80.5 Å². The summed E-state index contributed by atoms with van der Waals surface area (Å²) in [5.41, 5.74) is 8.05. The van der Waals surface area contributed by atoms with Crippen LogP contribution in [0.4, 0.5) is 5.82 Å². The van der Waals surface area contributed by atoms with Crippen molar-refractivity contribution in [1.29, 1.82) is 0 Å². The molecule has 0 spiro atoms. The van der Waals surface area contributed by atoms with Crippen LogP contribution >= 0.6 is 11.6 Å². The number of amides is 1. The number of pyridine rings is 1. The first-order valence-corrected chi connectivity index (χ1v) is 9.04. The van der Waals surface area contributed by atoms with Crippen LogP contribution in [0.25, 0.3) is 11.1 Å². The largest absolute Gasteiger partial charge is 0.382 e. The Bertz CT molecular complexity index is 761. The lowest BCUT2D eigenvalue weighted by Gasteiger charge is -2.32. The monoisotopic (exact) mass is 374 g/mol. The number of nitrogens with zero attached hydrogens (tertiary/aromatic N) is 2. The van der Waals surface area contributed by atoms with Crippen molar-refractivity contribution in [3.05, 3.63) is 47.1 Å². The highest BCUT2D eigenvalue weighted by Gasteiger charge is 2.17. The number of hydrogen-bond acceptors (Lipinski definition) is 5. The maximum absolute atomic E-state index is 12.4. The molecule has 0 unspecified atom stereocenters. The number of ether oxygens (including phenoxy) is 1. The number of anilines is 1. The van der Waals surface area contributed by atoms with Gasteiger partial charge in [-0.25, -0.2) is 4.98 Å². The number of carbonyl (C=O) groups is 1. The molecule has 7 heteroatoms. The Kier molecular flexibility index (Phi) is 6.08. The summed E-state index contributed by atoms with van der Waals surface area (Å²) in [5.74, 6) is 0.228. The van der Waals surface area contributed by atoms with Crippen molar-refractivity contribution in [2.45, 2.75) is 13.0 Å². The molecule has 6 nitrogen and oxygen atoms in total. The highest BCUT2D eigenvalue weighted by atomic mass is 35.5. The fraction of sp³-hybridized carbons (Fsp3) is 0.368. The lowest BCUT2D eigenvalue weighted by atomic mass is 10.1. The van der Waals surface area contributed by atoms with Crippen LogP contribution in [0.5, 0.6) is 0 Å². The number of rotatable bonds is 5. The molecule has 3 N–H and O–H groups in total. The average Bonchev–Trinajstić information content (AvgIpc) is 2.69. The minimum Gasteiger partial charge on any atom is -0.382 e. The van der Waals surface area contributed by atoms with E-state index in [2.05, 4.69) is 22.1 Å². The number of aromatic nitrogens is 1. The van der Waals surface area contributed by atoms with E-state index in [9.17, 15) is 4.79 Å². The third kappa shape index (κ3) is 4.52. The second kappa shape index (κ2) is 8.49. The Morgan fingerprint density at radius 3 is 2.65 bits per heavy atom. The molecular weight excluding hydrogens is 352 g/mol. The van der Waals surface area contributed by atoms with Crippen molar-refractivity contribution in [2.24, 2.45) is 0 Å².